The van der Waals surface area contributed by atoms with Crippen LogP contribution in [0.5, 0.6) is 0 Å². The number of aromatic nitrogens is 4. The van der Waals surface area contributed by atoms with Gasteiger partial charge in [-0.1, -0.05) is 0 Å². The van der Waals surface area contributed by atoms with E-state index in [2.05, 4.69) is 15.1 Å². The Morgan fingerprint density at radius 1 is 1.38 bits per heavy atom. The highest BCUT2D eigenvalue weighted by Crippen LogP contribution is 2.22. The summed E-state index contributed by atoms with van der Waals surface area (Å²) in [6.45, 7) is 11.0. The number of fused-ring (bicyclic) bond motifs is 1. The zero-order valence-corrected chi connectivity index (χ0v) is 14.8. The molecule has 0 aromatic carbocycles. The van der Waals surface area contributed by atoms with Gasteiger partial charge in [0, 0.05) is 30.0 Å². The van der Waals surface area contributed by atoms with Crippen LogP contribution in [0, 0.1) is 13.8 Å². The summed E-state index contributed by atoms with van der Waals surface area (Å²) in [5, 5.41) is 4.15. The van der Waals surface area contributed by atoms with Crippen molar-refractivity contribution in [2.45, 2.75) is 52.7 Å². The summed E-state index contributed by atoms with van der Waals surface area (Å²) in [4.78, 5) is 23.2. The molecule has 2 N–H and O–H groups in total. The maximum absolute atomic E-state index is 12.8. The van der Waals surface area contributed by atoms with Crippen LogP contribution in [0.4, 0.5) is 5.95 Å². The SMILES string of the molecule is Cc1nc2nc(N)nn2c(C)c1CC(=O)N1CC(C)OC(C)(C)C1. The van der Waals surface area contributed by atoms with E-state index in [0.29, 0.717) is 18.9 Å². The minimum absolute atomic E-state index is 0.0237. The normalized spacial score (nSPS) is 20.5. The van der Waals surface area contributed by atoms with E-state index in [1.807, 2.05) is 39.5 Å². The molecule has 1 unspecified atom stereocenters. The van der Waals surface area contributed by atoms with E-state index in [9.17, 15) is 4.79 Å². The van der Waals surface area contributed by atoms with Crippen molar-refractivity contribution in [3.63, 3.8) is 0 Å². The van der Waals surface area contributed by atoms with Crippen molar-refractivity contribution < 1.29 is 9.53 Å². The third kappa shape index (κ3) is 3.06. The van der Waals surface area contributed by atoms with Crippen LogP contribution in [-0.2, 0) is 16.0 Å². The number of carbonyl (C=O) groups excluding carboxylic acids is 1. The monoisotopic (exact) mass is 332 g/mol. The van der Waals surface area contributed by atoms with E-state index in [1.165, 1.54) is 0 Å². The molecule has 1 amide bonds. The predicted molar refractivity (Wildman–Crippen MR) is 89.6 cm³/mol. The zero-order chi connectivity index (χ0) is 17.6. The van der Waals surface area contributed by atoms with Crippen LogP contribution in [-0.4, -0.2) is 55.2 Å². The molecular formula is C16H24N6O2. The van der Waals surface area contributed by atoms with Crippen molar-refractivity contribution in [1.29, 1.82) is 0 Å². The van der Waals surface area contributed by atoms with E-state index in [4.69, 9.17) is 10.5 Å². The first kappa shape index (κ1) is 16.6. The number of carbonyl (C=O) groups is 1. The molecular weight excluding hydrogens is 308 g/mol. The lowest BCUT2D eigenvalue weighted by atomic mass is 10.0. The number of nitrogen functional groups attached to an aromatic ring is 1. The molecule has 3 heterocycles. The van der Waals surface area contributed by atoms with Gasteiger partial charge in [0.05, 0.1) is 18.1 Å². The number of nitrogens with zero attached hydrogens (tertiary/aromatic N) is 5. The first-order valence-electron chi connectivity index (χ1n) is 8.10. The molecule has 1 atom stereocenters. The summed E-state index contributed by atoms with van der Waals surface area (Å²) < 4.78 is 7.46. The van der Waals surface area contributed by atoms with Crippen LogP contribution in [0.1, 0.15) is 37.7 Å². The fraction of sp³-hybridized carbons (Fsp3) is 0.625. The molecule has 24 heavy (non-hydrogen) atoms. The minimum Gasteiger partial charge on any atom is -0.369 e. The Hall–Kier alpha value is -2.22. The molecule has 1 fully saturated rings. The summed E-state index contributed by atoms with van der Waals surface area (Å²) >= 11 is 0. The second-order valence-electron chi connectivity index (χ2n) is 7.08. The molecule has 130 valence electrons. The Balaban J connectivity index is 1.88. The highest BCUT2D eigenvalue weighted by atomic mass is 16.5. The van der Waals surface area contributed by atoms with E-state index in [0.717, 1.165) is 17.0 Å². The van der Waals surface area contributed by atoms with Gasteiger partial charge in [0.1, 0.15) is 0 Å². The number of hydrogen-bond acceptors (Lipinski definition) is 6. The number of anilines is 1. The van der Waals surface area contributed by atoms with Gasteiger partial charge < -0.3 is 15.4 Å². The summed E-state index contributed by atoms with van der Waals surface area (Å²) in [6, 6.07) is 0. The molecule has 1 aliphatic rings. The molecule has 2 aromatic rings. The van der Waals surface area contributed by atoms with Gasteiger partial charge >= 0.3 is 0 Å². The molecule has 0 radical (unpaired) electrons. The third-order valence-corrected chi connectivity index (χ3v) is 4.32. The maximum atomic E-state index is 12.8. The highest BCUT2D eigenvalue weighted by Gasteiger charge is 2.34. The molecule has 8 heteroatoms. The molecule has 2 aromatic heterocycles. The number of ether oxygens (including phenoxy) is 1. The van der Waals surface area contributed by atoms with E-state index >= 15 is 0 Å². The fourth-order valence-corrected chi connectivity index (χ4v) is 3.39. The van der Waals surface area contributed by atoms with Gasteiger partial charge in [-0.3, -0.25) is 4.79 Å². The number of aryl methyl sites for hydroxylation is 2. The molecule has 8 nitrogen and oxygen atoms in total. The van der Waals surface area contributed by atoms with Crippen molar-refractivity contribution in [1.82, 2.24) is 24.5 Å². The summed E-state index contributed by atoms with van der Waals surface area (Å²) in [5.74, 6) is 0.704. The lowest BCUT2D eigenvalue weighted by Gasteiger charge is -2.41. The Morgan fingerprint density at radius 3 is 2.75 bits per heavy atom. The molecule has 0 bridgehead atoms. The Bertz CT molecular complexity index is 797. The molecule has 0 spiro atoms. The Labute approximate surface area is 141 Å². The van der Waals surface area contributed by atoms with Gasteiger partial charge in [0.15, 0.2) is 0 Å². The van der Waals surface area contributed by atoms with Crippen molar-refractivity contribution in [3.8, 4) is 0 Å². The Kier molecular flexibility index (Phi) is 3.95. The van der Waals surface area contributed by atoms with E-state index in [1.54, 1.807) is 4.52 Å². The largest absolute Gasteiger partial charge is 0.369 e. The van der Waals surface area contributed by atoms with Crippen LogP contribution in [0.3, 0.4) is 0 Å². The van der Waals surface area contributed by atoms with Gasteiger partial charge in [0.2, 0.25) is 11.9 Å². The van der Waals surface area contributed by atoms with Crippen LogP contribution < -0.4 is 5.73 Å². The molecule has 0 aliphatic carbocycles. The summed E-state index contributed by atoms with van der Waals surface area (Å²) in [7, 11) is 0. The van der Waals surface area contributed by atoms with Crippen molar-refractivity contribution in [3.05, 3.63) is 17.0 Å². The molecule has 3 rings (SSSR count). The number of hydrogen-bond donors (Lipinski definition) is 1. The number of rotatable bonds is 2. The van der Waals surface area contributed by atoms with Crippen molar-refractivity contribution in [2.75, 3.05) is 18.8 Å². The first-order valence-corrected chi connectivity index (χ1v) is 8.10. The number of amides is 1. The fourth-order valence-electron chi connectivity index (χ4n) is 3.39. The number of nitrogens with two attached hydrogens (primary N) is 1. The smallest absolute Gasteiger partial charge is 0.254 e. The van der Waals surface area contributed by atoms with E-state index < -0.39 is 0 Å². The van der Waals surface area contributed by atoms with Crippen LogP contribution >= 0.6 is 0 Å². The summed E-state index contributed by atoms with van der Waals surface area (Å²) in [5.41, 5.74) is 7.81. The standard InChI is InChI=1S/C16H24N6O2/c1-9-7-21(8-16(4,5)24-9)13(23)6-12-10(2)18-15-19-14(17)20-22(15)11(12)3/h9H,6-8H2,1-5H3,(H2,17,20). The lowest BCUT2D eigenvalue weighted by molar-refractivity contribution is -0.157. The van der Waals surface area contributed by atoms with Gasteiger partial charge in [-0.15, -0.1) is 5.10 Å². The Morgan fingerprint density at radius 2 is 2.08 bits per heavy atom. The number of morpholine rings is 1. The average Bonchev–Trinajstić information content (AvgIpc) is 2.81. The van der Waals surface area contributed by atoms with Crippen LogP contribution in [0.2, 0.25) is 0 Å². The van der Waals surface area contributed by atoms with E-state index in [-0.39, 0.29) is 30.0 Å². The highest BCUT2D eigenvalue weighted by molar-refractivity contribution is 5.79. The predicted octanol–water partition coefficient (Wildman–Crippen LogP) is 0.892. The van der Waals surface area contributed by atoms with Crippen LogP contribution in [0.15, 0.2) is 0 Å². The van der Waals surface area contributed by atoms with Gasteiger partial charge in [-0.2, -0.15) is 9.50 Å². The summed E-state index contributed by atoms with van der Waals surface area (Å²) in [6.07, 6.45) is 0.305. The molecule has 0 saturated carbocycles. The van der Waals surface area contributed by atoms with Gasteiger partial charge in [0.25, 0.3) is 5.78 Å². The van der Waals surface area contributed by atoms with Gasteiger partial charge in [-0.25, -0.2) is 4.98 Å². The first-order chi connectivity index (χ1) is 11.2. The molecule has 1 aliphatic heterocycles. The average molecular weight is 332 g/mol. The quantitative estimate of drug-likeness (QED) is 0.877. The second-order valence-corrected chi connectivity index (χ2v) is 7.08. The topological polar surface area (TPSA) is 98.6 Å². The van der Waals surface area contributed by atoms with Crippen molar-refractivity contribution in [2.24, 2.45) is 0 Å². The van der Waals surface area contributed by atoms with Crippen LogP contribution in [0.25, 0.3) is 5.78 Å². The lowest BCUT2D eigenvalue weighted by Crippen LogP contribution is -2.54. The third-order valence-electron chi connectivity index (χ3n) is 4.32. The molecule has 1 saturated heterocycles. The second kappa shape index (κ2) is 5.70. The maximum Gasteiger partial charge on any atom is 0.254 e. The van der Waals surface area contributed by atoms with Gasteiger partial charge in [-0.05, 0) is 34.6 Å². The zero-order valence-electron chi connectivity index (χ0n) is 14.8. The van der Waals surface area contributed by atoms with Crippen molar-refractivity contribution >= 4 is 17.6 Å². The minimum atomic E-state index is -0.333.